The first-order valence-electron chi connectivity index (χ1n) is 9.16. The summed E-state index contributed by atoms with van der Waals surface area (Å²) in [5.74, 6) is 0.905. The van der Waals surface area contributed by atoms with Gasteiger partial charge in [0, 0.05) is 42.6 Å². The number of halogens is 1. The molecule has 0 unspecified atom stereocenters. The summed E-state index contributed by atoms with van der Waals surface area (Å²) in [6.45, 7) is 8.52. The van der Waals surface area contributed by atoms with Crippen molar-refractivity contribution in [3.8, 4) is 0 Å². The molecular weight excluding hydrogens is 346 g/mol. The van der Waals surface area contributed by atoms with Crippen LogP contribution >= 0.6 is 11.6 Å². The van der Waals surface area contributed by atoms with Crippen LogP contribution in [0.2, 0.25) is 5.02 Å². The zero-order valence-corrected chi connectivity index (χ0v) is 15.8. The number of aromatic nitrogens is 2. The van der Waals surface area contributed by atoms with Gasteiger partial charge in [0.25, 0.3) is 0 Å². The minimum absolute atomic E-state index is 0.654. The molecule has 5 nitrogen and oxygen atoms in total. The Labute approximate surface area is 159 Å². The van der Waals surface area contributed by atoms with Crippen LogP contribution in [0.1, 0.15) is 12.7 Å². The fraction of sp³-hybridized carbons (Fsp3) is 0.350. The summed E-state index contributed by atoms with van der Waals surface area (Å²) < 4.78 is 0. The van der Waals surface area contributed by atoms with Crippen LogP contribution < -0.4 is 10.2 Å². The Bertz CT molecular complexity index is 866. The molecule has 1 aliphatic rings. The first-order chi connectivity index (χ1) is 12.7. The van der Waals surface area contributed by atoms with Crippen LogP contribution in [-0.4, -0.2) is 47.6 Å². The van der Waals surface area contributed by atoms with Gasteiger partial charge in [0.2, 0.25) is 0 Å². The number of fused-ring (bicyclic) bond motifs is 1. The number of anilines is 2. The molecule has 2 N–H and O–H groups in total. The first-order valence-corrected chi connectivity index (χ1v) is 9.54. The molecule has 1 fully saturated rings. The number of piperazine rings is 1. The van der Waals surface area contributed by atoms with E-state index >= 15 is 0 Å². The molecule has 4 rings (SSSR count). The smallest absolute Gasteiger partial charge is 0.126 e. The normalized spacial score (nSPS) is 15.5. The Kier molecular flexibility index (Phi) is 5.00. The third kappa shape index (κ3) is 3.79. The Morgan fingerprint density at radius 2 is 1.85 bits per heavy atom. The molecule has 6 heteroatoms. The Morgan fingerprint density at radius 3 is 2.58 bits per heavy atom. The topological polar surface area (TPSA) is 47.2 Å². The van der Waals surface area contributed by atoms with E-state index in [-0.39, 0.29) is 0 Å². The Morgan fingerprint density at radius 1 is 1.08 bits per heavy atom. The maximum Gasteiger partial charge on any atom is 0.126 e. The molecule has 1 aromatic heterocycles. The number of hydrogen-bond acceptors (Lipinski definition) is 4. The van der Waals surface area contributed by atoms with E-state index in [1.54, 1.807) is 0 Å². The molecule has 1 saturated heterocycles. The average Bonchev–Trinajstić information content (AvgIpc) is 3.09. The zero-order valence-electron chi connectivity index (χ0n) is 15.0. The molecular formula is C20H24ClN5. The first kappa shape index (κ1) is 17.2. The molecule has 2 aromatic carbocycles. The lowest BCUT2D eigenvalue weighted by Crippen LogP contribution is -2.46. The van der Waals surface area contributed by atoms with Gasteiger partial charge in [0.1, 0.15) is 5.82 Å². The number of likely N-dealkylation sites (N-methyl/N-ethyl adjacent to an activating group) is 1. The molecule has 0 saturated carbocycles. The molecule has 0 spiro atoms. The summed E-state index contributed by atoms with van der Waals surface area (Å²) in [6, 6.07) is 14.4. The van der Waals surface area contributed by atoms with E-state index in [0.29, 0.717) is 6.54 Å². The van der Waals surface area contributed by atoms with E-state index < -0.39 is 0 Å². The fourth-order valence-corrected chi connectivity index (χ4v) is 3.59. The molecule has 0 bridgehead atoms. The molecule has 1 aliphatic heterocycles. The van der Waals surface area contributed by atoms with E-state index in [1.807, 2.05) is 18.2 Å². The highest BCUT2D eigenvalue weighted by molar-refractivity contribution is 6.31. The number of benzene rings is 2. The summed E-state index contributed by atoms with van der Waals surface area (Å²) in [5.41, 5.74) is 4.30. The molecule has 0 atom stereocenters. The highest BCUT2D eigenvalue weighted by Gasteiger charge is 2.15. The zero-order chi connectivity index (χ0) is 17.9. The molecule has 26 heavy (non-hydrogen) atoms. The molecule has 0 aliphatic carbocycles. The van der Waals surface area contributed by atoms with Crippen LogP contribution in [0.15, 0.2) is 42.5 Å². The SMILES string of the molecule is CCN1CCN(c2ccc(NCc3nc4ccc(Cl)cc4[nH]3)cc2)CC1. The fourth-order valence-electron chi connectivity index (χ4n) is 3.42. The van der Waals surface area contributed by atoms with Gasteiger partial charge in [-0.25, -0.2) is 4.98 Å². The predicted molar refractivity (Wildman–Crippen MR) is 109 cm³/mol. The van der Waals surface area contributed by atoms with Crippen LogP contribution in [-0.2, 0) is 6.54 Å². The number of nitrogens with one attached hydrogen (secondary N) is 2. The lowest BCUT2D eigenvalue weighted by Gasteiger charge is -2.35. The summed E-state index contributed by atoms with van der Waals surface area (Å²) in [5, 5.41) is 4.15. The van der Waals surface area contributed by atoms with Crippen molar-refractivity contribution in [3.63, 3.8) is 0 Å². The summed E-state index contributed by atoms with van der Waals surface area (Å²) in [4.78, 5) is 12.8. The largest absolute Gasteiger partial charge is 0.378 e. The van der Waals surface area contributed by atoms with Gasteiger partial charge < -0.3 is 20.1 Å². The van der Waals surface area contributed by atoms with E-state index in [1.165, 1.54) is 5.69 Å². The second-order valence-electron chi connectivity index (χ2n) is 6.67. The second kappa shape index (κ2) is 7.56. The predicted octanol–water partition coefficient (Wildman–Crippen LogP) is 3.97. The van der Waals surface area contributed by atoms with Gasteiger partial charge in [0.15, 0.2) is 0 Å². The highest BCUT2D eigenvalue weighted by Crippen LogP contribution is 2.21. The van der Waals surface area contributed by atoms with E-state index in [0.717, 1.165) is 60.3 Å². The number of imidazole rings is 1. The van der Waals surface area contributed by atoms with Gasteiger partial charge in [-0.3, -0.25) is 0 Å². The van der Waals surface area contributed by atoms with Crippen LogP contribution in [0, 0.1) is 0 Å². The third-order valence-electron chi connectivity index (χ3n) is 5.00. The number of hydrogen-bond donors (Lipinski definition) is 2. The summed E-state index contributed by atoms with van der Waals surface area (Å²) in [7, 11) is 0. The Balaban J connectivity index is 1.36. The van der Waals surface area contributed by atoms with Crippen molar-refractivity contribution in [2.24, 2.45) is 0 Å². The number of nitrogens with zero attached hydrogens (tertiary/aromatic N) is 3. The van der Waals surface area contributed by atoms with Gasteiger partial charge in [-0.1, -0.05) is 18.5 Å². The van der Waals surface area contributed by atoms with Gasteiger partial charge in [-0.2, -0.15) is 0 Å². The minimum atomic E-state index is 0.654. The van der Waals surface area contributed by atoms with Crippen molar-refractivity contribution < 1.29 is 0 Å². The average molecular weight is 370 g/mol. The van der Waals surface area contributed by atoms with Crippen molar-refractivity contribution in [1.82, 2.24) is 14.9 Å². The van der Waals surface area contributed by atoms with Gasteiger partial charge in [-0.05, 0) is 49.0 Å². The van der Waals surface area contributed by atoms with Crippen molar-refractivity contribution >= 4 is 34.0 Å². The standard InChI is InChI=1S/C20H24ClN5/c1-2-25-9-11-26(12-10-25)17-6-4-16(5-7-17)22-14-20-23-18-8-3-15(21)13-19(18)24-20/h3-8,13,22H,2,9-12,14H2,1H3,(H,23,24). The molecule has 0 amide bonds. The van der Waals surface area contributed by atoms with E-state index in [9.17, 15) is 0 Å². The van der Waals surface area contributed by atoms with Gasteiger partial charge in [-0.15, -0.1) is 0 Å². The Hall–Kier alpha value is -2.24. The number of H-pyrrole nitrogens is 1. The third-order valence-corrected chi connectivity index (χ3v) is 5.24. The van der Waals surface area contributed by atoms with Crippen molar-refractivity contribution in [2.45, 2.75) is 13.5 Å². The van der Waals surface area contributed by atoms with E-state index in [4.69, 9.17) is 11.6 Å². The molecule has 2 heterocycles. The lowest BCUT2D eigenvalue weighted by molar-refractivity contribution is 0.271. The van der Waals surface area contributed by atoms with E-state index in [2.05, 4.69) is 56.3 Å². The quantitative estimate of drug-likeness (QED) is 0.714. The van der Waals surface area contributed by atoms with Crippen molar-refractivity contribution in [1.29, 1.82) is 0 Å². The van der Waals surface area contributed by atoms with Crippen LogP contribution in [0.3, 0.4) is 0 Å². The minimum Gasteiger partial charge on any atom is -0.378 e. The summed E-state index contributed by atoms with van der Waals surface area (Å²) >= 11 is 6.03. The van der Waals surface area contributed by atoms with Crippen molar-refractivity contribution in [3.05, 3.63) is 53.3 Å². The maximum absolute atomic E-state index is 6.03. The monoisotopic (exact) mass is 369 g/mol. The van der Waals surface area contributed by atoms with Gasteiger partial charge >= 0.3 is 0 Å². The number of aromatic amines is 1. The second-order valence-corrected chi connectivity index (χ2v) is 7.10. The highest BCUT2D eigenvalue weighted by atomic mass is 35.5. The van der Waals surface area contributed by atoms with Crippen LogP contribution in [0.4, 0.5) is 11.4 Å². The lowest BCUT2D eigenvalue weighted by atomic mass is 10.2. The molecule has 3 aromatic rings. The summed E-state index contributed by atoms with van der Waals surface area (Å²) in [6.07, 6.45) is 0. The van der Waals surface area contributed by atoms with Crippen LogP contribution in [0.5, 0.6) is 0 Å². The van der Waals surface area contributed by atoms with Crippen molar-refractivity contribution in [2.75, 3.05) is 42.9 Å². The van der Waals surface area contributed by atoms with Gasteiger partial charge in [0.05, 0.1) is 17.6 Å². The molecule has 0 radical (unpaired) electrons. The maximum atomic E-state index is 6.03. The molecule has 136 valence electrons. The van der Waals surface area contributed by atoms with Crippen LogP contribution in [0.25, 0.3) is 11.0 Å². The number of rotatable bonds is 5.